The molecular weight excluding hydrogens is 318 g/mol. The largest absolute Gasteiger partial charge is 0.496 e. The van der Waals surface area contributed by atoms with E-state index in [1.807, 2.05) is 24.3 Å². The fourth-order valence-electron chi connectivity index (χ4n) is 2.08. The predicted octanol–water partition coefficient (Wildman–Crippen LogP) is 3.47. The van der Waals surface area contributed by atoms with Crippen molar-refractivity contribution < 1.29 is 14.5 Å². The van der Waals surface area contributed by atoms with E-state index in [2.05, 4.69) is 10.3 Å². The monoisotopic (exact) mass is 329 g/mol. The van der Waals surface area contributed by atoms with Crippen LogP contribution in [0.15, 0.2) is 42.5 Å². The molecular formula is C15H11N3O4S. The number of methoxy groups -OCH3 is 1. The highest BCUT2D eigenvalue weighted by Crippen LogP contribution is 2.28. The topological polar surface area (TPSA) is 94.4 Å². The zero-order chi connectivity index (χ0) is 16.4. The number of nitro groups is 1. The summed E-state index contributed by atoms with van der Waals surface area (Å²) >= 11 is 1.33. The van der Waals surface area contributed by atoms with E-state index in [0.29, 0.717) is 5.13 Å². The van der Waals surface area contributed by atoms with Crippen LogP contribution in [0.2, 0.25) is 0 Å². The number of nitrogens with zero attached hydrogens (tertiary/aromatic N) is 2. The third-order valence-electron chi connectivity index (χ3n) is 3.15. The lowest BCUT2D eigenvalue weighted by Crippen LogP contribution is -2.13. The van der Waals surface area contributed by atoms with Gasteiger partial charge in [-0.25, -0.2) is 4.98 Å². The SMILES string of the molecule is COc1ccc([N+](=O)[O-])cc1C(=O)Nc1nc2ccccc2s1. The lowest BCUT2D eigenvalue weighted by atomic mass is 10.1. The molecule has 1 aromatic heterocycles. The van der Waals surface area contributed by atoms with Crippen LogP contribution in [0.1, 0.15) is 10.4 Å². The van der Waals surface area contributed by atoms with Gasteiger partial charge < -0.3 is 4.74 Å². The third-order valence-corrected chi connectivity index (χ3v) is 4.10. The van der Waals surface area contributed by atoms with E-state index in [0.717, 1.165) is 10.2 Å². The fraction of sp³-hybridized carbons (Fsp3) is 0.0667. The Morgan fingerprint density at radius 2 is 2.09 bits per heavy atom. The Labute approximate surface area is 134 Å². The molecule has 8 heteroatoms. The molecule has 0 radical (unpaired) electrons. The number of anilines is 1. The molecule has 3 aromatic rings. The summed E-state index contributed by atoms with van der Waals surface area (Å²) in [5.74, 6) is -0.251. The molecule has 0 fully saturated rings. The van der Waals surface area contributed by atoms with Gasteiger partial charge in [0.25, 0.3) is 11.6 Å². The van der Waals surface area contributed by atoms with Crippen molar-refractivity contribution in [2.45, 2.75) is 0 Å². The number of amides is 1. The van der Waals surface area contributed by atoms with Crippen molar-refractivity contribution in [3.8, 4) is 5.75 Å². The van der Waals surface area contributed by atoms with E-state index in [-0.39, 0.29) is 17.0 Å². The molecule has 0 unspecified atom stereocenters. The zero-order valence-electron chi connectivity index (χ0n) is 12.0. The van der Waals surface area contributed by atoms with Crippen LogP contribution in [-0.2, 0) is 0 Å². The summed E-state index contributed by atoms with van der Waals surface area (Å²) in [6, 6.07) is 11.3. The third kappa shape index (κ3) is 2.97. The summed E-state index contributed by atoms with van der Waals surface area (Å²) in [7, 11) is 1.40. The lowest BCUT2D eigenvalue weighted by Gasteiger charge is -2.07. The van der Waals surface area contributed by atoms with Gasteiger partial charge in [-0.1, -0.05) is 23.5 Å². The second-order valence-electron chi connectivity index (χ2n) is 4.58. The van der Waals surface area contributed by atoms with E-state index < -0.39 is 10.8 Å². The summed E-state index contributed by atoms with van der Waals surface area (Å²) in [5.41, 5.74) is 0.681. The van der Waals surface area contributed by atoms with Crippen molar-refractivity contribution in [2.24, 2.45) is 0 Å². The zero-order valence-corrected chi connectivity index (χ0v) is 12.8. The van der Waals surface area contributed by atoms with Gasteiger partial charge in [0.1, 0.15) is 5.75 Å². The Kier molecular flexibility index (Phi) is 3.90. The molecule has 0 saturated carbocycles. The van der Waals surface area contributed by atoms with Gasteiger partial charge in [-0.3, -0.25) is 20.2 Å². The molecule has 0 aliphatic rings. The number of thiazole rings is 1. The molecule has 23 heavy (non-hydrogen) atoms. The molecule has 2 aromatic carbocycles. The van der Waals surface area contributed by atoms with Crippen LogP contribution in [0.3, 0.4) is 0 Å². The standard InChI is InChI=1S/C15H11N3O4S/c1-22-12-7-6-9(18(20)21)8-10(12)14(19)17-15-16-11-4-2-3-5-13(11)23-15/h2-8H,1H3,(H,16,17,19). The van der Waals surface area contributed by atoms with Gasteiger partial charge >= 0.3 is 0 Å². The Bertz CT molecular complexity index is 874. The number of nitro benzene ring substituents is 1. The highest BCUT2D eigenvalue weighted by Gasteiger charge is 2.18. The van der Waals surface area contributed by atoms with Crippen molar-refractivity contribution in [3.05, 3.63) is 58.1 Å². The van der Waals surface area contributed by atoms with Crippen molar-refractivity contribution in [2.75, 3.05) is 12.4 Å². The number of nitrogens with one attached hydrogen (secondary N) is 1. The quantitative estimate of drug-likeness (QED) is 0.584. The summed E-state index contributed by atoms with van der Waals surface area (Å²) in [5, 5.41) is 13.9. The second-order valence-corrected chi connectivity index (χ2v) is 5.61. The maximum Gasteiger partial charge on any atom is 0.270 e. The minimum Gasteiger partial charge on any atom is -0.496 e. The molecule has 3 rings (SSSR count). The molecule has 1 N–H and O–H groups in total. The highest BCUT2D eigenvalue weighted by atomic mass is 32.1. The van der Waals surface area contributed by atoms with Gasteiger partial charge in [0.05, 0.1) is 27.8 Å². The van der Waals surface area contributed by atoms with Crippen LogP contribution in [0, 0.1) is 10.1 Å². The number of aromatic nitrogens is 1. The Morgan fingerprint density at radius 1 is 1.30 bits per heavy atom. The van der Waals surface area contributed by atoms with Crippen LogP contribution in [-0.4, -0.2) is 22.9 Å². The summed E-state index contributed by atoms with van der Waals surface area (Å²) in [4.78, 5) is 27.0. The molecule has 1 heterocycles. The minimum atomic E-state index is -0.562. The molecule has 0 aliphatic carbocycles. The maximum absolute atomic E-state index is 12.4. The number of carbonyl (C=O) groups is 1. The first kappa shape index (κ1) is 14.9. The molecule has 0 aliphatic heterocycles. The van der Waals surface area contributed by atoms with Gasteiger partial charge in [-0.2, -0.15) is 0 Å². The van der Waals surface area contributed by atoms with E-state index in [1.165, 1.54) is 36.6 Å². The second kappa shape index (κ2) is 6.01. The van der Waals surface area contributed by atoms with Crippen LogP contribution in [0.25, 0.3) is 10.2 Å². The Balaban J connectivity index is 1.93. The molecule has 0 spiro atoms. The summed E-state index contributed by atoms with van der Waals surface area (Å²) in [6.45, 7) is 0. The Hall–Kier alpha value is -3.00. The number of para-hydroxylation sites is 1. The molecule has 0 bridgehead atoms. The fourth-order valence-corrected chi connectivity index (χ4v) is 2.94. The first-order valence-electron chi connectivity index (χ1n) is 6.58. The molecule has 0 saturated heterocycles. The number of rotatable bonds is 4. The smallest absolute Gasteiger partial charge is 0.270 e. The van der Waals surface area contributed by atoms with Gasteiger partial charge in [-0.05, 0) is 18.2 Å². The van der Waals surface area contributed by atoms with Gasteiger partial charge in [0.2, 0.25) is 0 Å². The molecule has 7 nitrogen and oxygen atoms in total. The number of carbonyl (C=O) groups excluding carboxylic acids is 1. The van der Waals surface area contributed by atoms with E-state index >= 15 is 0 Å². The number of benzene rings is 2. The first-order chi connectivity index (χ1) is 11.1. The number of non-ortho nitro benzene ring substituents is 1. The van der Waals surface area contributed by atoms with Crippen molar-refractivity contribution in [1.29, 1.82) is 0 Å². The van der Waals surface area contributed by atoms with Crippen molar-refractivity contribution >= 4 is 38.3 Å². The normalized spacial score (nSPS) is 10.5. The van der Waals surface area contributed by atoms with Crippen LogP contribution < -0.4 is 10.1 Å². The molecule has 116 valence electrons. The summed E-state index contributed by atoms with van der Waals surface area (Å²) < 4.78 is 6.04. The number of ether oxygens (including phenoxy) is 1. The predicted molar refractivity (Wildman–Crippen MR) is 87.2 cm³/mol. The van der Waals surface area contributed by atoms with Crippen molar-refractivity contribution in [1.82, 2.24) is 4.98 Å². The van der Waals surface area contributed by atoms with E-state index in [4.69, 9.17) is 4.74 Å². The molecule has 1 amide bonds. The van der Waals surface area contributed by atoms with Gasteiger partial charge in [0, 0.05) is 12.1 Å². The average Bonchev–Trinajstić information content (AvgIpc) is 2.96. The molecule has 0 atom stereocenters. The van der Waals surface area contributed by atoms with Crippen LogP contribution >= 0.6 is 11.3 Å². The number of fused-ring (bicyclic) bond motifs is 1. The average molecular weight is 329 g/mol. The number of hydrogen-bond donors (Lipinski definition) is 1. The van der Waals surface area contributed by atoms with E-state index in [9.17, 15) is 14.9 Å². The van der Waals surface area contributed by atoms with Gasteiger partial charge in [0.15, 0.2) is 5.13 Å². The van der Waals surface area contributed by atoms with Crippen molar-refractivity contribution in [3.63, 3.8) is 0 Å². The number of hydrogen-bond acceptors (Lipinski definition) is 6. The first-order valence-corrected chi connectivity index (χ1v) is 7.39. The lowest BCUT2D eigenvalue weighted by molar-refractivity contribution is -0.384. The maximum atomic E-state index is 12.4. The van der Waals surface area contributed by atoms with Gasteiger partial charge in [-0.15, -0.1) is 0 Å². The highest BCUT2D eigenvalue weighted by molar-refractivity contribution is 7.22. The Morgan fingerprint density at radius 3 is 2.78 bits per heavy atom. The van der Waals surface area contributed by atoms with Crippen LogP contribution in [0.4, 0.5) is 10.8 Å². The van der Waals surface area contributed by atoms with E-state index in [1.54, 1.807) is 0 Å². The van der Waals surface area contributed by atoms with Crippen LogP contribution in [0.5, 0.6) is 5.75 Å². The summed E-state index contributed by atoms with van der Waals surface area (Å²) in [6.07, 6.45) is 0. The minimum absolute atomic E-state index is 0.0842.